The van der Waals surface area contributed by atoms with Gasteiger partial charge < -0.3 is 5.73 Å². The molecular formula is C14H24N2O2S. The first-order chi connectivity index (χ1) is 8.70. The minimum atomic E-state index is -3.47. The lowest BCUT2D eigenvalue weighted by Gasteiger charge is -2.15. The molecule has 1 aromatic carbocycles. The highest BCUT2D eigenvalue weighted by atomic mass is 32.2. The summed E-state index contributed by atoms with van der Waals surface area (Å²) >= 11 is 0. The summed E-state index contributed by atoms with van der Waals surface area (Å²) in [6, 6.07) is 5.14. The predicted molar refractivity (Wildman–Crippen MR) is 78.5 cm³/mol. The van der Waals surface area contributed by atoms with Crippen LogP contribution in [0.5, 0.6) is 0 Å². The van der Waals surface area contributed by atoms with E-state index in [0.29, 0.717) is 10.8 Å². The van der Waals surface area contributed by atoms with Crippen molar-refractivity contribution < 1.29 is 8.42 Å². The van der Waals surface area contributed by atoms with E-state index >= 15 is 0 Å². The highest BCUT2D eigenvalue weighted by Crippen LogP contribution is 2.14. The number of nitrogens with two attached hydrogens (primary N) is 1. The van der Waals surface area contributed by atoms with E-state index in [1.54, 1.807) is 12.1 Å². The van der Waals surface area contributed by atoms with Crippen molar-refractivity contribution in [2.75, 3.05) is 6.54 Å². The highest BCUT2D eigenvalue weighted by molar-refractivity contribution is 7.89. The second kappa shape index (κ2) is 6.50. The highest BCUT2D eigenvalue weighted by Gasteiger charge is 2.16. The second-order valence-corrected chi connectivity index (χ2v) is 7.33. The van der Waals surface area contributed by atoms with Crippen LogP contribution in [0.25, 0.3) is 0 Å². The fraction of sp³-hybridized carbons (Fsp3) is 0.571. The largest absolute Gasteiger partial charge is 0.327 e. The van der Waals surface area contributed by atoms with Crippen LogP contribution in [-0.4, -0.2) is 21.0 Å². The Morgan fingerprint density at radius 1 is 1.16 bits per heavy atom. The van der Waals surface area contributed by atoms with Gasteiger partial charge in [-0.15, -0.1) is 0 Å². The Labute approximate surface area is 116 Å². The van der Waals surface area contributed by atoms with Gasteiger partial charge in [0.25, 0.3) is 0 Å². The van der Waals surface area contributed by atoms with Crippen molar-refractivity contribution in [3.63, 3.8) is 0 Å². The van der Waals surface area contributed by atoms with Gasteiger partial charge in [-0.1, -0.05) is 19.9 Å². The Balaban J connectivity index is 2.76. The van der Waals surface area contributed by atoms with Crippen LogP contribution >= 0.6 is 0 Å². The van der Waals surface area contributed by atoms with Gasteiger partial charge in [-0.25, -0.2) is 13.1 Å². The summed E-state index contributed by atoms with van der Waals surface area (Å²) in [6.07, 6.45) is 0.801. The van der Waals surface area contributed by atoms with Crippen molar-refractivity contribution >= 4 is 10.0 Å². The van der Waals surface area contributed by atoms with E-state index in [9.17, 15) is 8.42 Å². The summed E-state index contributed by atoms with van der Waals surface area (Å²) in [4.78, 5) is 0.307. The van der Waals surface area contributed by atoms with Gasteiger partial charge in [-0.2, -0.15) is 0 Å². The third kappa shape index (κ3) is 5.30. The number of hydrogen-bond donors (Lipinski definition) is 2. The standard InChI is InChI=1S/C14H24N2O2S/c1-10(2)5-13(15)9-16-19(17,18)14-7-11(3)6-12(4)8-14/h6-8,10,13,16H,5,9,15H2,1-4H3. The molecule has 0 fully saturated rings. The maximum atomic E-state index is 12.2. The van der Waals surface area contributed by atoms with Crippen molar-refractivity contribution in [2.45, 2.75) is 45.1 Å². The first-order valence-corrected chi connectivity index (χ1v) is 8.02. The number of rotatable bonds is 6. The summed E-state index contributed by atoms with van der Waals surface area (Å²) in [5.74, 6) is 0.459. The smallest absolute Gasteiger partial charge is 0.240 e. The molecule has 19 heavy (non-hydrogen) atoms. The van der Waals surface area contributed by atoms with Gasteiger partial charge in [0.15, 0.2) is 0 Å². The molecule has 0 aliphatic rings. The van der Waals surface area contributed by atoms with Crippen LogP contribution in [0.3, 0.4) is 0 Å². The van der Waals surface area contributed by atoms with Crippen LogP contribution in [-0.2, 0) is 10.0 Å². The lowest BCUT2D eigenvalue weighted by molar-refractivity contribution is 0.486. The summed E-state index contributed by atoms with van der Waals surface area (Å²) < 4.78 is 26.9. The lowest BCUT2D eigenvalue weighted by Crippen LogP contribution is -2.38. The van der Waals surface area contributed by atoms with Gasteiger partial charge in [-0.05, 0) is 49.4 Å². The average Bonchev–Trinajstić information content (AvgIpc) is 2.24. The van der Waals surface area contributed by atoms with E-state index < -0.39 is 10.0 Å². The molecule has 1 rings (SSSR count). The molecule has 108 valence electrons. The van der Waals surface area contributed by atoms with Gasteiger partial charge >= 0.3 is 0 Å². The monoisotopic (exact) mass is 284 g/mol. The Kier molecular flexibility index (Phi) is 5.52. The molecule has 3 N–H and O–H groups in total. The van der Waals surface area contributed by atoms with Gasteiger partial charge in [0.05, 0.1) is 4.90 Å². The summed E-state index contributed by atoms with van der Waals surface area (Å²) in [5.41, 5.74) is 7.77. The molecule has 0 heterocycles. The van der Waals surface area contributed by atoms with Crippen LogP contribution in [0.1, 0.15) is 31.4 Å². The normalized spacial score (nSPS) is 13.8. The third-order valence-electron chi connectivity index (χ3n) is 2.82. The summed E-state index contributed by atoms with van der Waals surface area (Å²) in [6.45, 7) is 8.18. The molecule has 0 radical (unpaired) electrons. The molecule has 0 saturated heterocycles. The zero-order valence-corrected chi connectivity index (χ0v) is 12.9. The van der Waals surface area contributed by atoms with E-state index in [-0.39, 0.29) is 12.6 Å². The zero-order valence-electron chi connectivity index (χ0n) is 12.1. The van der Waals surface area contributed by atoms with Crippen LogP contribution < -0.4 is 10.5 Å². The lowest BCUT2D eigenvalue weighted by atomic mass is 10.1. The molecule has 0 saturated carbocycles. The Morgan fingerprint density at radius 3 is 2.16 bits per heavy atom. The van der Waals surface area contributed by atoms with Gasteiger partial charge in [0.2, 0.25) is 10.0 Å². The van der Waals surface area contributed by atoms with E-state index in [4.69, 9.17) is 5.73 Å². The van der Waals surface area contributed by atoms with Crippen LogP contribution in [0.15, 0.2) is 23.1 Å². The maximum Gasteiger partial charge on any atom is 0.240 e. The van der Waals surface area contributed by atoms with Crippen molar-refractivity contribution in [2.24, 2.45) is 11.7 Å². The summed E-state index contributed by atoms with van der Waals surface area (Å²) in [5, 5.41) is 0. The quantitative estimate of drug-likeness (QED) is 0.838. The van der Waals surface area contributed by atoms with Crippen molar-refractivity contribution in [1.29, 1.82) is 0 Å². The van der Waals surface area contributed by atoms with Crippen LogP contribution in [0, 0.1) is 19.8 Å². The van der Waals surface area contributed by atoms with E-state index in [1.807, 2.05) is 19.9 Å². The molecule has 0 aromatic heterocycles. The first kappa shape index (κ1) is 16.1. The molecule has 0 aliphatic heterocycles. The molecule has 0 spiro atoms. The second-order valence-electron chi connectivity index (χ2n) is 5.56. The first-order valence-electron chi connectivity index (χ1n) is 6.54. The van der Waals surface area contributed by atoms with Crippen molar-refractivity contribution in [1.82, 2.24) is 4.72 Å². The maximum absolute atomic E-state index is 12.2. The predicted octanol–water partition coefficient (Wildman–Crippen LogP) is 1.96. The topological polar surface area (TPSA) is 72.2 Å². The number of benzene rings is 1. The molecule has 4 nitrogen and oxygen atoms in total. The number of nitrogens with one attached hydrogen (secondary N) is 1. The van der Waals surface area contributed by atoms with Crippen LogP contribution in [0.2, 0.25) is 0 Å². The summed E-state index contributed by atoms with van der Waals surface area (Å²) in [7, 11) is -3.47. The average molecular weight is 284 g/mol. The number of sulfonamides is 1. The number of aryl methyl sites for hydroxylation is 2. The molecule has 5 heteroatoms. The fourth-order valence-corrected chi connectivity index (χ4v) is 3.36. The van der Waals surface area contributed by atoms with E-state index in [2.05, 4.69) is 18.6 Å². The minimum Gasteiger partial charge on any atom is -0.327 e. The molecular weight excluding hydrogens is 260 g/mol. The third-order valence-corrected chi connectivity index (χ3v) is 4.22. The van der Waals surface area contributed by atoms with Gasteiger partial charge in [0, 0.05) is 12.6 Å². The Bertz CT molecular complexity index is 504. The Hall–Kier alpha value is -0.910. The molecule has 1 unspecified atom stereocenters. The SMILES string of the molecule is Cc1cc(C)cc(S(=O)(=O)NCC(N)CC(C)C)c1. The minimum absolute atomic E-state index is 0.152. The molecule has 1 aromatic rings. The Morgan fingerprint density at radius 2 is 1.68 bits per heavy atom. The zero-order chi connectivity index (χ0) is 14.6. The van der Waals surface area contributed by atoms with Gasteiger partial charge in [0.1, 0.15) is 0 Å². The fourth-order valence-electron chi connectivity index (χ4n) is 2.08. The van der Waals surface area contributed by atoms with Crippen molar-refractivity contribution in [3.8, 4) is 0 Å². The molecule has 1 atom stereocenters. The molecule has 0 aliphatic carbocycles. The molecule has 0 amide bonds. The van der Waals surface area contributed by atoms with Crippen LogP contribution in [0.4, 0.5) is 0 Å². The van der Waals surface area contributed by atoms with E-state index in [1.165, 1.54) is 0 Å². The van der Waals surface area contributed by atoms with Crippen molar-refractivity contribution in [3.05, 3.63) is 29.3 Å². The van der Waals surface area contributed by atoms with Gasteiger partial charge in [-0.3, -0.25) is 0 Å². The molecule has 0 bridgehead atoms. The number of hydrogen-bond acceptors (Lipinski definition) is 3. The van der Waals surface area contributed by atoms with E-state index in [0.717, 1.165) is 17.5 Å².